The van der Waals surface area contributed by atoms with Crippen LogP contribution >= 0.6 is 0 Å². The highest BCUT2D eigenvalue weighted by molar-refractivity contribution is 5.85. The third-order valence-corrected chi connectivity index (χ3v) is 2.79. The normalized spacial score (nSPS) is 12.9. The van der Waals surface area contributed by atoms with Gasteiger partial charge in [-0.25, -0.2) is 4.79 Å². The lowest BCUT2D eigenvalue weighted by Crippen LogP contribution is -2.48. The van der Waals surface area contributed by atoms with E-state index in [1.54, 1.807) is 20.8 Å². The number of hydrogen-bond acceptors (Lipinski definition) is 3. The molecule has 0 aromatic heterocycles. The minimum absolute atomic E-state index is 0.134. The van der Waals surface area contributed by atoms with Gasteiger partial charge in [-0.3, -0.25) is 4.79 Å². The van der Waals surface area contributed by atoms with Crippen molar-refractivity contribution in [1.82, 2.24) is 10.6 Å². The minimum atomic E-state index is -0.565. The smallest absolute Gasteiger partial charge is 0.408 e. The van der Waals surface area contributed by atoms with E-state index in [4.69, 9.17) is 4.74 Å². The molecule has 0 fully saturated rings. The summed E-state index contributed by atoms with van der Waals surface area (Å²) >= 11 is 0. The van der Waals surface area contributed by atoms with Gasteiger partial charge in [-0.05, 0) is 39.5 Å². The molecule has 5 heteroatoms. The Kier molecular flexibility index (Phi) is 9.06. The van der Waals surface area contributed by atoms with E-state index in [2.05, 4.69) is 17.6 Å². The first-order valence-electron chi connectivity index (χ1n) is 7.93. The molecular weight excluding hydrogens is 268 g/mol. The van der Waals surface area contributed by atoms with E-state index in [-0.39, 0.29) is 5.91 Å². The van der Waals surface area contributed by atoms with Crippen LogP contribution in [0.3, 0.4) is 0 Å². The number of ether oxygens (including phenoxy) is 1. The van der Waals surface area contributed by atoms with Crippen LogP contribution in [0, 0.1) is 5.92 Å². The van der Waals surface area contributed by atoms with Crippen LogP contribution in [0.15, 0.2) is 0 Å². The number of alkyl carbamates (subject to hydrolysis) is 1. The van der Waals surface area contributed by atoms with E-state index in [0.29, 0.717) is 18.9 Å². The fraction of sp³-hybridized carbons (Fsp3) is 0.875. The zero-order chi connectivity index (χ0) is 16.5. The summed E-state index contributed by atoms with van der Waals surface area (Å²) in [5, 5.41) is 5.55. The van der Waals surface area contributed by atoms with Crippen molar-refractivity contribution in [3.8, 4) is 0 Å². The zero-order valence-electron chi connectivity index (χ0n) is 14.4. The van der Waals surface area contributed by atoms with Crippen LogP contribution in [0.1, 0.15) is 67.2 Å². The summed E-state index contributed by atoms with van der Waals surface area (Å²) in [7, 11) is 0. The van der Waals surface area contributed by atoms with Crippen molar-refractivity contribution >= 4 is 12.0 Å². The predicted molar refractivity (Wildman–Crippen MR) is 85.1 cm³/mol. The number of carbonyl (C=O) groups excluding carboxylic acids is 2. The fourth-order valence-corrected chi connectivity index (χ4v) is 1.86. The van der Waals surface area contributed by atoms with Gasteiger partial charge in [-0.2, -0.15) is 0 Å². The Morgan fingerprint density at radius 2 is 1.76 bits per heavy atom. The van der Waals surface area contributed by atoms with Gasteiger partial charge in [0, 0.05) is 6.54 Å². The Balaban J connectivity index is 4.43. The molecule has 0 saturated heterocycles. The summed E-state index contributed by atoms with van der Waals surface area (Å²) in [6.45, 7) is 12.2. The van der Waals surface area contributed by atoms with E-state index in [0.717, 1.165) is 19.3 Å². The Morgan fingerprint density at radius 1 is 1.14 bits per heavy atom. The average molecular weight is 300 g/mol. The van der Waals surface area contributed by atoms with Crippen molar-refractivity contribution in [3.05, 3.63) is 0 Å². The zero-order valence-corrected chi connectivity index (χ0v) is 14.4. The number of hydrogen-bond donors (Lipinski definition) is 2. The molecule has 0 heterocycles. The molecule has 0 saturated carbocycles. The van der Waals surface area contributed by atoms with Crippen molar-refractivity contribution in [2.24, 2.45) is 5.92 Å². The Hall–Kier alpha value is -1.26. The van der Waals surface area contributed by atoms with Gasteiger partial charge in [0.1, 0.15) is 11.6 Å². The largest absolute Gasteiger partial charge is 0.444 e. The molecule has 21 heavy (non-hydrogen) atoms. The second-order valence-electron chi connectivity index (χ2n) is 6.83. The van der Waals surface area contributed by atoms with Crippen LogP contribution in [-0.4, -0.2) is 30.2 Å². The van der Waals surface area contributed by atoms with Crippen LogP contribution in [0.25, 0.3) is 0 Å². The second-order valence-corrected chi connectivity index (χ2v) is 6.83. The molecule has 0 aromatic rings. The summed E-state index contributed by atoms with van der Waals surface area (Å²) in [6.07, 6.45) is 3.22. The molecule has 0 aliphatic carbocycles. The lowest BCUT2D eigenvalue weighted by molar-refractivity contribution is -0.123. The van der Waals surface area contributed by atoms with Crippen LogP contribution in [0.5, 0.6) is 0 Å². The van der Waals surface area contributed by atoms with E-state index in [1.807, 2.05) is 13.8 Å². The number of nitrogens with one attached hydrogen (secondary N) is 2. The number of unbranched alkanes of at least 4 members (excludes halogenated alkanes) is 2. The number of rotatable bonds is 8. The molecule has 0 spiro atoms. The molecule has 1 unspecified atom stereocenters. The predicted octanol–water partition coefficient (Wildman–Crippen LogP) is 3.23. The molecule has 0 aliphatic heterocycles. The third-order valence-electron chi connectivity index (χ3n) is 2.79. The van der Waals surface area contributed by atoms with Crippen LogP contribution < -0.4 is 10.6 Å². The molecule has 5 nitrogen and oxygen atoms in total. The van der Waals surface area contributed by atoms with Crippen LogP contribution in [0.4, 0.5) is 4.79 Å². The summed E-state index contributed by atoms with van der Waals surface area (Å²) in [4.78, 5) is 24.0. The van der Waals surface area contributed by atoms with E-state index in [1.165, 1.54) is 0 Å². The molecule has 0 aliphatic rings. The SMILES string of the molecule is CCCCCNC(=O)C(CC(C)C)NC(=O)OC(C)(C)C. The van der Waals surface area contributed by atoms with Gasteiger partial charge in [0.25, 0.3) is 0 Å². The highest BCUT2D eigenvalue weighted by Gasteiger charge is 2.24. The van der Waals surface area contributed by atoms with Crippen molar-refractivity contribution in [2.45, 2.75) is 78.9 Å². The lowest BCUT2D eigenvalue weighted by Gasteiger charge is -2.24. The van der Waals surface area contributed by atoms with E-state index >= 15 is 0 Å². The van der Waals surface area contributed by atoms with Crippen molar-refractivity contribution < 1.29 is 14.3 Å². The molecule has 124 valence electrons. The Morgan fingerprint density at radius 3 is 2.24 bits per heavy atom. The topological polar surface area (TPSA) is 67.4 Å². The van der Waals surface area contributed by atoms with Gasteiger partial charge in [0.2, 0.25) is 5.91 Å². The molecule has 0 aromatic carbocycles. The fourth-order valence-electron chi connectivity index (χ4n) is 1.86. The molecule has 0 bridgehead atoms. The molecule has 0 rings (SSSR count). The molecule has 2 N–H and O–H groups in total. The second kappa shape index (κ2) is 9.64. The summed E-state index contributed by atoms with van der Waals surface area (Å²) in [6, 6.07) is -0.540. The maximum absolute atomic E-state index is 12.2. The third kappa shape index (κ3) is 11.1. The first kappa shape index (κ1) is 19.7. The van der Waals surface area contributed by atoms with E-state index in [9.17, 15) is 9.59 Å². The number of amides is 2. The molecule has 2 amide bonds. The van der Waals surface area contributed by atoms with Gasteiger partial charge in [-0.1, -0.05) is 33.6 Å². The summed E-state index contributed by atoms with van der Waals surface area (Å²) < 4.78 is 5.21. The summed E-state index contributed by atoms with van der Waals surface area (Å²) in [5.41, 5.74) is -0.565. The van der Waals surface area contributed by atoms with Gasteiger partial charge in [0.15, 0.2) is 0 Å². The standard InChI is InChI=1S/C16H32N2O3/c1-7-8-9-10-17-14(19)13(11-12(2)3)18-15(20)21-16(4,5)6/h12-13H,7-11H2,1-6H3,(H,17,19)(H,18,20). The minimum Gasteiger partial charge on any atom is -0.444 e. The van der Waals surface area contributed by atoms with Gasteiger partial charge >= 0.3 is 6.09 Å². The van der Waals surface area contributed by atoms with Crippen LogP contribution in [0.2, 0.25) is 0 Å². The lowest BCUT2D eigenvalue weighted by atomic mass is 10.0. The quantitative estimate of drug-likeness (QED) is 0.676. The molecule has 1 atom stereocenters. The first-order valence-corrected chi connectivity index (χ1v) is 7.93. The Labute approximate surface area is 129 Å². The monoisotopic (exact) mass is 300 g/mol. The average Bonchev–Trinajstić information content (AvgIpc) is 2.30. The summed E-state index contributed by atoms with van der Waals surface area (Å²) in [5.74, 6) is 0.178. The van der Waals surface area contributed by atoms with E-state index < -0.39 is 17.7 Å². The maximum Gasteiger partial charge on any atom is 0.408 e. The Bertz CT molecular complexity index is 322. The van der Waals surface area contributed by atoms with Crippen molar-refractivity contribution in [3.63, 3.8) is 0 Å². The molecule has 0 radical (unpaired) electrons. The van der Waals surface area contributed by atoms with Crippen LogP contribution in [-0.2, 0) is 9.53 Å². The highest BCUT2D eigenvalue weighted by Crippen LogP contribution is 2.09. The number of carbonyl (C=O) groups is 2. The highest BCUT2D eigenvalue weighted by atomic mass is 16.6. The van der Waals surface area contributed by atoms with Gasteiger partial charge < -0.3 is 15.4 Å². The molecular formula is C16H32N2O3. The van der Waals surface area contributed by atoms with Gasteiger partial charge in [-0.15, -0.1) is 0 Å². The van der Waals surface area contributed by atoms with Gasteiger partial charge in [0.05, 0.1) is 0 Å². The maximum atomic E-state index is 12.2. The first-order chi connectivity index (χ1) is 9.65. The van der Waals surface area contributed by atoms with Crippen molar-refractivity contribution in [1.29, 1.82) is 0 Å². The van der Waals surface area contributed by atoms with Crippen molar-refractivity contribution in [2.75, 3.05) is 6.54 Å².